The molecule has 2 aliphatic rings. The van der Waals surface area contributed by atoms with Crippen molar-refractivity contribution in [3.8, 4) is 0 Å². The molecule has 2 saturated heterocycles. The summed E-state index contributed by atoms with van der Waals surface area (Å²) in [6, 6.07) is 0.0811. The number of ether oxygens (including phenoxy) is 2. The summed E-state index contributed by atoms with van der Waals surface area (Å²) in [5, 5.41) is 3.29. The molecule has 2 rings (SSSR count). The Balaban J connectivity index is 1.83. The van der Waals surface area contributed by atoms with Crippen LogP contribution in [0.4, 0.5) is 0 Å². The van der Waals surface area contributed by atoms with Gasteiger partial charge in [-0.1, -0.05) is 0 Å². The fourth-order valence-corrected chi connectivity index (χ4v) is 3.96. The Morgan fingerprint density at radius 2 is 2.38 bits per heavy atom. The number of hydrogen-bond acceptors (Lipinski definition) is 5. The normalized spacial score (nSPS) is 37.9. The standard InChI is InChI=1S/C10H19NO4S/c1-14-10(3-4-15-8-10)7-11-9-2-5-16(12,13)6-9/h9,11H,2-8H2,1H3. The van der Waals surface area contributed by atoms with Crippen molar-refractivity contribution in [3.63, 3.8) is 0 Å². The van der Waals surface area contributed by atoms with Crippen molar-refractivity contribution in [1.82, 2.24) is 5.32 Å². The highest BCUT2D eigenvalue weighted by Gasteiger charge is 2.36. The maximum atomic E-state index is 11.3. The number of methoxy groups -OCH3 is 1. The smallest absolute Gasteiger partial charge is 0.151 e. The van der Waals surface area contributed by atoms with Gasteiger partial charge in [0.05, 0.1) is 18.1 Å². The van der Waals surface area contributed by atoms with E-state index in [1.54, 1.807) is 7.11 Å². The van der Waals surface area contributed by atoms with Crippen LogP contribution in [0.25, 0.3) is 0 Å². The first kappa shape index (κ1) is 12.3. The molecule has 94 valence electrons. The van der Waals surface area contributed by atoms with Crippen molar-refractivity contribution in [1.29, 1.82) is 0 Å². The largest absolute Gasteiger partial charge is 0.378 e. The SMILES string of the molecule is COC1(CNC2CCS(=O)(=O)C2)CCOC1. The lowest BCUT2D eigenvalue weighted by Gasteiger charge is -2.27. The van der Waals surface area contributed by atoms with Crippen molar-refractivity contribution in [3.05, 3.63) is 0 Å². The summed E-state index contributed by atoms with van der Waals surface area (Å²) in [4.78, 5) is 0. The van der Waals surface area contributed by atoms with Crippen LogP contribution in [0.5, 0.6) is 0 Å². The molecule has 2 fully saturated rings. The van der Waals surface area contributed by atoms with Gasteiger partial charge in [0, 0.05) is 32.7 Å². The van der Waals surface area contributed by atoms with Gasteiger partial charge in [0.1, 0.15) is 5.60 Å². The lowest BCUT2D eigenvalue weighted by atomic mass is 10.0. The molecule has 2 heterocycles. The van der Waals surface area contributed by atoms with Gasteiger partial charge in [-0.25, -0.2) is 8.42 Å². The van der Waals surface area contributed by atoms with E-state index >= 15 is 0 Å². The zero-order valence-electron chi connectivity index (χ0n) is 9.57. The van der Waals surface area contributed by atoms with Crippen LogP contribution < -0.4 is 5.32 Å². The van der Waals surface area contributed by atoms with Crippen LogP contribution in [0.15, 0.2) is 0 Å². The van der Waals surface area contributed by atoms with Crippen LogP contribution in [-0.4, -0.2) is 58.4 Å². The Bertz CT molecular complexity index is 335. The molecule has 0 aromatic heterocycles. The van der Waals surface area contributed by atoms with E-state index in [1.165, 1.54) is 0 Å². The van der Waals surface area contributed by atoms with E-state index in [2.05, 4.69) is 5.32 Å². The molecule has 2 atom stereocenters. The first-order chi connectivity index (χ1) is 7.55. The van der Waals surface area contributed by atoms with Crippen LogP contribution >= 0.6 is 0 Å². The van der Waals surface area contributed by atoms with E-state index in [9.17, 15) is 8.42 Å². The molecular weight excluding hydrogens is 230 g/mol. The van der Waals surface area contributed by atoms with E-state index in [0.29, 0.717) is 25.3 Å². The molecule has 0 radical (unpaired) electrons. The third kappa shape index (κ3) is 2.74. The monoisotopic (exact) mass is 249 g/mol. The summed E-state index contributed by atoms with van der Waals surface area (Å²) in [6.45, 7) is 1.98. The van der Waals surface area contributed by atoms with Crippen LogP contribution in [0, 0.1) is 0 Å². The van der Waals surface area contributed by atoms with Crippen LogP contribution in [0.3, 0.4) is 0 Å². The van der Waals surface area contributed by atoms with Gasteiger partial charge in [0.2, 0.25) is 0 Å². The Labute approximate surface area is 96.4 Å². The molecule has 0 aromatic carbocycles. The molecule has 16 heavy (non-hydrogen) atoms. The minimum Gasteiger partial charge on any atom is -0.378 e. The second-order valence-electron chi connectivity index (χ2n) is 4.67. The van der Waals surface area contributed by atoms with E-state index in [1.807, 2.05) is 0 Å². The predicted molar refractivity (Wildman–Crippen MR) is 60.2 cm³/mol. The van der Waals surface area contributed by atoms with Crippen LogP contribution in [0.1, 0.15) is 12.8 Å². The molecule has 0 saturated carbocycles. The molecule has 2 aliphatic heterocycles. The topological polar surface area (TPSA) is 64.6 Å². The highest BCUT2D eigenvalue weighted by molar-refractivity contribution is 7.91. The number of rotatable bonds is 4. The molecule has 0 bridgehead atoms. The van der Waals surface area contributed by atoms with Crippen LogP contribution in [0.2, 0.25) is 0 Å². The van der Waals surface area contributed by atoms with Crippen molar-refractivity contribution in [2.24, 2.45) is 0 Å². The first-order valence-corrected chi connectivity index (χ1v) is 7.44. The fraction of sp³-hybridized carbons (Fsp3) is 1.00. The molecule has 0 amide bonds. The number of hydrogen-bond donors (Lipinski definition) is 1. The quantitative estimate of drug-likeness (QED) is 0.732. The van der Waals surface area contributed by atoms with E-state index in [4.69, 9.17) is 9.47 Å². The molecule has 6 heteroatoms. The van der Waals surface area contributed by atoms with Crippen LogP contribution in [-0.2, 0) is 19.3 Å². The fourth-order valence-electron chi connectivity index (χ4n) is 2.25. The summed E-state index contributed by atoms with van der Waals surface area (Å²) in [7, 11) is -1.12. The van der Waals surface area contributed by atoms with Gasteiger partial charge in [-0.2, -0.15) is 0 Å². The average Bonchev–Trinajstić information content (AvgIpc) is 2.83. The lowest BCUT2D eigenvalue weighted by Crippen LogP contribution is -2.46. The van der Waals surface area contributed by atoms with Gasteiger partial charge < -0.3 is 14.8 Å². The second kappa shape index (κ2) is 4.60. The van der Waals surface area contributed by atoms with Gasteiger partial charge in [0.15, 0.2) is 9.84 Å². The summed E-state index contributed by atoms with van der Waals surface area (Å²) in [5.74, 6) is 0.564. The Morgan fingerprint density at radius 3 is 2.88 bits per heavy atom. The zero-order chi connectivity index (χ0) is 11.6. The summed E-state index contributed by atoms with van der Waals surface area (Å²) < 4.78 is 33.4. The maximum Gasteiger partial charge on any atom is 0.151 e. The maximum absolute atomic E-state index is 11.3. The molecule has 1 N–H and O–H groups in total. The van der Waals surface area contributed by atoms with Crippen molar-refractivity contribution in [2.75, 3.05) is 38.4 Å². The number of nitrogens with one attached hydrogen (secondary N) is 1. The number of sulfone groups is 1. The van der Waals surface area contributed by atoms with Gasteiger partial charge in [-0.3, -0.25) is 0 Å². The van der Waals surface area contributed by atoms with E-state index in [-0.39, 0.29) is 17.4 Å². The highest BCUT2D eigenvalue weighted by Crippen LogP contribution is 2.22. The molecular formula is C10H19NO4S. The van der Waals surface area contributed by atoms with Gasteiger partial charge in [-0.15, -0.1) is 0 Å². The van der Waals surface area contributed by atoms with Gasteiger partial charge in [0.25, 0.3) is 0 Å². The summed E-state index contributed by atoms with van der Waals surface area (Å²) in [5.41, 5.74) is -0.258. The highest BCUT2D eigenvalue weighted by atomic mass is 32.2. The lowest BCUT2D eigenvalue weighted by molar-refractivity contribution is -0.0170. The first-order valence-electron chi connectivity index (χ1n) is 5.62. The van der Waals surface area contributed by atoms with Crippen molar-refractivity contribution >= 4 is 9.84 Å². The zero-order valence-corrected chi connectivity index (χ0v) is 10.4. The third-order valence-corrected chi connectivity index (χ3v) is 5.21. The molecule has 2 unspecified atom stereocenters. The average molecular weight is 249 g/mol. The Hall–Kier alpha value is -0.170. The van der Waals surface area contributed by atoms with Crippen molar-refractivity contribution < 1.29 is 17.9 Å². The molecule has 5 nitrogen and oxygen atoms in total. The second-order valence-corrected chi connectivity index (χ2v) is 6.90. The minimum atomic E-state index is -2.80. The predicted octanol–water partition coefficient (Wildman–Crippen LogP) is -0.431. The Morgan fingerprint density at radius 1 is 1.56 bits per heavy atom. The molecule has 0 aliphatic carbocycles. The third-order valence-electron chi connectivity index (χ3n) is 3.45. The van der Waals surface area contributed by atoms with E-state index < -0.39 is 9.84 Å². The summed E-state index contributed by atoms with van der Waals surface area (Å²) >= 11 is 0. The minimum absolute atomic E-state index is 0.0811. The van der Waals surface area contributed by atoms with Gasteiger partial charge in [-0.05, 0) is 6.42 Å². The van der Waals surface area contributed by atoms with Crippen molar-refractivity contribution in [2.45, 2.75) is 24.5 Å². The summed E-state index contributed by atoms with van der Waals surface area (Å²) in [6.07, 6.45) is 1.58. The molecule has 0 aromatic rings. The molecule has 0 spiro atoms. The van der Waals surface area contributed by atoms with E-state index in [0.717, 1.165) is 13.0 Å². The van der Waals surface area contributed by atoms with Gasteiger partial charge >= 0.3 is 0 Å². The Kier molecular flexibility index (Phi) is 3.53.